The van der Waals surface area contributed by atoms with Gasteiger partial charge in [0, 0.05) is 11.2 Å². The van der Waals surface area contributed by atoms with Gasteiger partial charge in [-0.1, -0.05) is 30.3 Å². The van der Waals surface area contributed by atoms with Crippen LogP contribution in [0.3, 0.4) is 0 Å². The van der Waals surface area contributed by atoms with Crippen LogP contribution in [-0.2, 0) is 4.79 Å². The van der Waals surface area contributed by atoms with Crippen LogP contribution in [0.15, 0.2) is 55.3 Å². The Morgan fingerprint density at radius 1 is 1.35 bits per heavy atom. The summed E-state index contributed by atoms with van der Waals surface area (Å²) in [6, 6.07) is 11.1. The van der Waals surface area contributed by atoms with Gasteiger partial charge in [-0.05, 0) is 48.7 Å². The Hall–Kier alpha value is -2.33. The Kier molecular flexibility index (Phi) is 4.63. The van der Waals surface area contributed by atoms with Crippen molar-refractivity contribution in [3.05, 3.63) is 71.5 Å². The van der Waals surface area contributed by atoms with Crippen LogP contribution in [0.2, 0.25) is 5.02 Å². The first-order valence-electron chi connectivity index (χ1n) is 7.47. The highest BCUT2D eigenvalue weighted by Gasteiger charge is 2.30. The van der Waals surface area contributed by atoms with Crippen LogP contribution in [0.5, 0.6) is 5.75 Å². The molecular formula is C18H17ClN2O2. The summed E-state index contributed by atoms with van der Waals surface area (Å²) in [7, 11) is 0. The van der Waals surface area contributed by atoms with Crippen molar-refractivity contribution in [2.75, 3.05) is 0 Å². The van der Waals surface area contributed by atoms with Gasteiger partial charge in [0.25, 0.3) is 0 Å². The molecule has 1 aliphatic rings. The van der Waals surface area contributed by atoms with Crippen molar-refractivity contribution in [1.29, 1.82) is 0 Å². The van der Waals surface area contributed by atoms with Crippen molar-refractivity contribution in [2.24, 2.45) is 0 Å². The van der Waals surface area contributed by atoms with E-state index in [4.69, 9.17) is 16.3 Å². The number of carbonyl (C=O) groups excluding carboxylic acids is 1. The van der Waals surface area contributed by atoms with Gasteiger partial charge in [0.15, 0.2) is 0 Å². The van der Waals surface area contributed by atoms with Crippen molar-refractivity contribution >= 4 is 17.5 Å². The predicted molar refractivity (Wildman–Crippen MR) is 89.4 cm³/mol. The van der Waals surface area contributed by atoms with E-state index in [2.05, 4.69) is 16.9 Å². The number of nitrogens with one attached hydrogen (secondary N) is 1. The first-order valence-corrected chi connectivity index (χ1v) is 7.85. The summed E-state index contributed by atoms with van der Waals surface area (Å²) in [5.74, 6) is 0.534. The molecule has 1 aliphatic carbocycles. The second-order valence-electron chi connectivity index (χ2n) is 5.38. The third kappa shape index (κ3) is 3.54. The van der Waals surface area contributed by atoms with Crippen molar-refractivity contribution in [3.63, 3.8) is 0 Å². The molecule has 118 valence electrons. The lowest BCUT2D eigenvalue weighted by atomic mass is 9.89. The summed E-state index contributed by atoms with van der Waals surface area (Å²) < 4.78 is 6.06. The molecule has 0 radical (unpaired) electrons. The Morgan fingerprint density at radius 3 is 3.00 bits per heavy atom. The van der Waals surface area contributed by atoms with Gasteiger partial charge in [-0.3, -0.25) is 9.78 Å². The molecule has 0 saturated heterocycles. The number of fused-ring (bicyclic) bond motifs is 1. The van der Waals surface area contributed by atoms with Crippen LogP contribution in [0.1, 0.15) is 36.2 Å². The van der Waals surface area contributed by atoms with E-state index in [1.165, 1.54) is 6.08 Å². The Labute approximate surface area is 140 Å². The maximum absolute atomic E-state index is 11.6. The van der Waals surface area contributed by atoms with Gasteiger partial charge < -0.3 is 10.1 Å². The number of hydrogen-bond acceptors (Lipinski definition) is 3. The molecule has 0 fully saturated rings. The zero-order valence-electron chi connectivity index (χ0n) is 12.5. The second-order valence-corrected chi connectivity index (χ2v) is 5.82. The molecule has 3 rings (SSSR count). The van der Waals surface area contributed by atoms with Crippen LogP contribution >= 0.6 is 11.6 Å². The maximum Gasteiger partial charge on any atom is 0.243 e. The molecule has 5 heteroatoms. The predicted octanol–water partition coefficient (Wildman–Crippen LogP) is 3.99. The molecule has 2 aromatic rings. The van der Waals surface area contributed by atoms with Crippen LogP contribution in [0.25, 0.3) is 0 Å². The number of nitrogens with zero attached hydrogens (tertiary/aromatic N) is 1. The number of hydrogen-bond donors (Lipinski definition) is 1. The van der Waals surface area contributed by atoms with E-state index >= 15 is 0 Å². The van der Waals surface area contributed by atoms with Gasteiger partial charge in [0.1, 0.15) is 11.9 Å². The number of aromatic nitrogens is 1. The normalized spacial score (nSPS) is 19.5. The fraction of sp³-hybridized carbons (Fsp3) is 0.222. The van der Waals surface area contributed by atoms with E-state index in [0.717, 1.165) is 24.1 Å². The minimum Gasteiger partial charge on any atom is -0.484 e. The Bertz CT molecular complexity index is 732. The average molecular weight is 329 g/mol. The van der Waals surface area contributed by atoms with Crippen LogP contribution in [0.4, 0.5) is 0 Å². The molecular weight excluding hydrogens is 312 g/mol. The summed E-state index contributed by atoms with van der Waals surface area (Å²) in [6.45, 7) is 3.50. The number of ether oxygens (including phenoxy) is 1. The smallest absolute Gasteiger partial charge is 0.243 e. The van der Waals surface area contributed by atoms with Gasteiger partial charge in [0.05, 0.1) is 11.7 Å². The summed E-state index contributed by atoms with van der Waals surface area (Å²) in [6.07, 6.45) is 4.42. The molecule has 0 bridgehead atoms. The van der Waals surface area contributed by atoms with Crippen molar-refractivity contribution in [1.82, 2.24) is 10.3 Å². The van der Waals surface area contributed by atoms with Gasteiger partial charge in [-0.15, -0.1) is 0 Å². The largest absolute Gasteiger partial charge is 0.484 e. The van der Waals surface area contributed by atoms with Crippen LogP contribution in [-0.4, -0.2) is 10.9 Å². The number of halogens is 1. The fourth-order valence-corrected chi connectivity index (χ4v) is 2.98. The minimum atomic E-state index is -0.181. The standard InChI is InChI=1S/C18H17ClN2O2/c1-2-17(22)21-15-8-9-16(18-14(15)7-4-10-20-18)23-13-6-3-5-12(19)11-13/h2-7,10-11,15-16H,1,8-9H2,(H,21,22)/t15-,16-/m0/s1. The lowest BCUT2D eigenvalue weighted by molar-refractivity contribution is -0.117. The summed E-state index contributed by atoms with van der Waals surface area (Å²) in [5.41, 5.74) is 1.84. The molecule has 1 aromatic carbocycles. The van der Waals surface area contributed by atoms with Gasteiger partial charge in [-0.25, -0.2) is 0 Å². The molecule has 1 amide bonds. The quantitative estimate of drug-likeness (QED) is 0.863. The van der Waals surface area contributed by atoms with E-state index in [0.29, 0.717) is 10.8 Å². The molecule has 4 nitrogen and oxygen atoms in total. The Balaban J connectivity index is 1.85. The number of carbonyl (C=O) groups is 1. The number of rotatable bonds is 4. The first kappa shape index (κ1) is 15.6. The van der Waals surface area contributed by atoms with Gasteiger partial charge >= 0.3 is 0 Å². The van der Waals surface area contributed by atoms with Crippen LogP contribution < -0.4 is 10.1 Å². The minimum absolute atomic E-state index is 0.0663. The van der Waals surface area contributed by atoms with Crippen molar-refractivity contribution in [2.45, 2.75) is 25.0 Å². The third-order valence-corrected chi connectivity index (χ3v) is 4.08. The Morgan fingerprint density at radius 2 is 2.22 bits per heavy atom. The zero-order chi connectivity index (χ0) is 16.2. The monoisotopic (exact) mass is 328 g/mol. The maximum atomic E-state index is 11.6. The van der Waals surface area contributed by atoms with Crippen LogP contribution in [0, 0.1) is 0 Å². The molecule has 1 aromatic heterocycles. The highest BCUT2D eigenvalue weighted by molar-refractivity contribution is 6.30. The number of benzene rings is 1. The highest BCUT2D eigenvalue weighted by atomic mass is 35.5. The third-order valence-electron chi connectivity index (χ3n) is 3.85. The molecule has 0 saturated carbocycles. The molecule has 0 spiro atoms. The zero-order valence-corrected chi connectivity index (χ0v) is 13.3. The second kappa shape index (κ2) is 6.84. The van der Waals surface area contributed by atoms with Gasteiger partial charge in [-0.2, -0.15) is 0 Å². The van der Waals surface area contributed by atoms with E-state index in [1.54, 1.807) is 12.3 Å². The number of amides is 1. The van der Waals surface area contributed by atoms with E-state index in [-0.39, 0.29) is 18.1 Å². The summed E-state index contributed by atoms with van der Waals surface area (Å²) in [5, 5.41) is 3.58. The highest BCUT2D eigenvalue weighted by Crippen LogP contribution is 2.37. The molecule has 1 N–H and O–H groups in total. The average Bonchev–Trinajstić information content (AvgIpc) is 2.57. The van der Waals surface area contributed by atoms with E-state index in [1.807, 2.05) is 30.3 Å². The molecule has 0 aliphatic heterocycles. The van der Waals surface area contributed by atoms with E-state index in [9.17, 15) is 4.79 Å². The van der Waals surface area contributed by atoms with E-state index < -0.39 is 0 Å². The first-order chi connectivity index (χ1) is 11.2. The molecule has 23 heavy (non-hydrogen) atoms. The topological polar surface area (TPSA) is 51.2 Å². The van der Waals surface area contributed by atoms with Crippen molar-refractivity contribution < 1.29 is 9.53 Å². The summed E-state index contributed by atoms with van der Waals surface area (Å²) >= 11 is 6.01. The SMILES string of the molecule is C=CC(=O)N[C@H]1CC[C@H](Oc2cccc(Cl)c2)c2ncccc21. The lowest BCUT2D eigenvalue weighted by Gasteiger charge is -2.31. The molecule has 2 atom stereocenters. The molecule has 1 heterocycles. The lowest BCUT2D eigenvalue weighted by Crippen LogP contribution is -2.32. The molecule has 0 unspecified atom stereocenters. The van der Waals surface area contributed by atoms with Gasteiger partial charge in [0.2, 0.25) is 5.91 Å². The van der Waals surface area contributed by atoms with Crippen molar-refractivity contribution in [3.8, 4) is 5.75 Å². The summed E-state index contributed by atoms with van der Waals surface area (Å²) in [4.78, 5) is 16.1. The fourth-order valence-electron chi connectivity index (χ4n) is 2.80. The number of pyridine rings is 1.